The molecule has 1 saturated heterocycles. The zero-order chi connectivity index (χ0) is 28.9. The Kier molecular flexibility index (Phi) is 7.07. The molecule has 1 amide bonds. The van der Waals surface area contributed by atoms with Crippen LogP contribution in [0.25, 0.3) is 11.1 Å². The SMILES string of the molecule is C[C@H]1[C@@H](c2cc(C(F)(F)F)cc(C(F)(F)F)c2)OC(=O)N1Cc1cc(C(F)(F)F)ccc1-c1ccc(F)cc1. The average molecular weight is 565 g/mol. The summed E-state index contributed by atoms with van der Waals surface area (Å²) in [6.45, 7) is 0.756. The molecule has 208 valence electrons. The van der Waals surface area contributed by atoms with Crippen LogP contribution >= 0.6 is 0 Å². The molecule has 0 radical (unpaired) electrons. The van der Waals surface area contributed by atoms with E-state index in [1.807, 2.05) is 0 Å². The number of rotatable bonds is 4. The number of nitrogens with zero attached hydrogens (tertiary/aromatic N) is 1. The minimum atomic E-state index is -5.14. The number of amides is 1. The van der Waals surface area contributed by atoms with Crippen LogP contribution in [-0.4, -0.2) is 17.0 Å². The molecule has 0 N–H and O–H groups in total. The van der Waals surface area contributed by atoms with Crippen LogP contribution in [0.2, 0.25) is 0 Å². The summed E-state index contributed by atoms with van der Waals surface area (Å²) in [5, 5.41) is 0. The molecule has 1 aliphatic rings. The molecule has 4 rings (SSSR count). The van der Waals surface area contributed by atoms with Gasteiger partial charge in [-0.25, -0.2) is 9.18 Å². The molecule has 1 heterocycles. The van der Waals surface area contributed by atoms with Crippen molar-refractivity contribution in [3.8, 4) is 11.1 Å². The van der Waals surface area contributed by atoms with E-state index in [-0.39, 0.29) is 17.2 Å². The van der Waals surface area contributed by atoms with E-state index in [0.29, 0.717) is 17.7 Å². The molecule has 0 spiro atoms. The number of benzene rings is 3. The van der Waals surface area contributed by atoms with E-state index in [0.717, 1.165) is 35.2 Å². The minimum Gasteiger partial charge on any atom is -0.439 e. The fourth-order valence-corrected chi connectivity index (χ4v) is 4.30. The molecular weight excluding hydrogens is 548 g/mol. The quantitative estimate of drug-likeness (QED) is 0.297. The Bertz CT molecular complexity index is 1350. The Balaban J connectivity index is 1.74. The van der Waals surface area contributed by atoms with Crippen molar-refractivity contribution in [1.29, 1.82) is 0 Å². The highest BCUT2D eigenvalue weighted by molar-refractivity contribution is 5.73. The number of carbonyl (C=O) groups excluding carboxylic acids is 1. The van der Waals surface area contributed by atoms with Gasteiger partial charge < -0.3 is 4.74 Å². The number of carbonyl (C=O) groups is 1. The van der Waals surface area contributed by atoms with Crippen molar-refractivity contribution in [3.05, 3.63) is 94.3 Å². The lowest BCUT2D eigenvalue weighted by Gasteiger charge is -2.24. The van der Waals surface area contributed by atoms with Gasteiger partial charge in [-0.3, -0.25) is 4.90 Å². The van der Waals surface area contributed by atoms with Crippen molar-refractivity contribution in [2.45, 2.75) is 44.1 Å². The topological polar surface area (TPSA) is 29.5 Å². The molecule has 1 aliphatic heterocycles. The second kappa shape index (κ2) is 9.76. The van der Waals surface area contributed by atoms with Gasteiger partial charge in [0.15, 0.2) is 0 Å². The van der Waals surface area contributed by atoms with Crippen molar-refractivity contribution in [1.82, 2.24) is 4.90 Å². The summed E-state index contributed by atoms with van der Waals surface area (Å²) in [5.41, 5.74) is -4.40. The highest BCUT2D eigenvalue weighted by Gasteiger charge is 2.43. The molecule has 0 unspecified atom stereocenters. The Morgan fingerprint density at radius 1 is 0.744 bits per heavy atom. The number of halogens is 10. The highest BCUT2D eigenvalue weighted by Crippen LogP contribution is 2.42. The van der Waals surface area contributed by atoms with Gasteiger partial charge in [0.2, 0.25) is 0 Å². The van der Waals surface area contributed by atoms with Crippen LogP contribution in [0.4, 0.5) is 48.7 Å². The van der Waals surface area contributed by atoms with Gasteiger partial charge in [0.25, 0.3) is 0 Å². The van der Waals surface area contributed by atoms with Crippen molar-refractivity contribution >= 4 is 6.09 Å². The van der Waals surface area contributed by atoms with Crippen LogP contribution < -0.4 is 0 Å². The molecule has 3 nitrogen and oxygen atoms in total. The molecule has 2 atom stereocenters. The second-order valence-electron chi connectivity index (χ2n) is 8.89. The van der Waals surface area contributed by atoms with Gasteiger partial charge in [0.05, 0.1) is 29.3 Å². The first-order valence-electron chi connectivity index (χ1n) is 11.2. The standard InChI is InChI=1S/C26H17F10NO2/c1-13-22(15-8-18(25(31,32)33)11-19(9-15)26(34,35)36)39-23(38)37(13)12-16-10-17(24(28,29)30)4-7-21(16)14-2-5-20(27)6-3-14/h2-11,13,22H,12H2,1H3/t13-,22-/m0/s1. The van der Waals surface area contributed by atoms with E-state index in [1.165, 1.54) is 19.1 Å². The lowest BCUT2D eigenvalue weighted by Crippen LogP contribution is -2.32. The van der Waals surface area contributed by atoms with Crippen molar-refractivity contribution in [3.63, 3.8) is 0 Å². The predicted octanol–water partition coefficient (Wildman–Crippen LogP) is 8.63. The molecule has 0 aliphatic carbocycles. The number of hydrogen-bond acceptors (Lipinski definition) is 2. The lowest BCUT2D eigenvalue weighted by atomic mass is 9.95. The fourth-order valence-electron chi connectivity index (χ4n) is 4.30. The molecule has 0 bridgehead atoms. The van der Waals surface area contributed by atoms with Crippen LogP contribution in [0.15, 0.2) is 60.7 Å². The van der Waals surface area contributed by atoms with E-state index in [1.54, 1.807) is 0 Å². The van der Waals surface area contributed by atoms with Gasteiger partial charge >= 0.3 is 24.6 Å². The van der Waals surface area contributed by atoms with Crippen molar-refractivity contribution < 1.29 is 53.4 Å². The minimum absolute atomic E-state index is 0.0547. The Hall–Kier alpha value is -3.77. The van der Waals surface area contributed by atoms with E-state index in [4.69, 9.17) is 4.74 Å². The number of cyclic esters (lactones) is 1. The van der Waals surface area contributed by atoms with Crippen LogP contribution in [0.3, 0.4) is 0 Å². The van der Waals surface area contributed by atoms with Crippen molar-refractivity contribution in [2.75, 3.05) is 0 Å². The number of ether oxygens (including phenoxy) is 1. The maximum absolute atomic E-state index is 13.4. The molecule has 1 fully saturated rings. The molecule has 3 aromatic carbocycles. The lowest BCUT2D eigenvalue weighted by molar-refractivity contribution is -0.143. The molecule has 3 aromatic rings. The summed E-state index contributed by atoms with van der Waals surface area (Å²) < 4.78 is 139. The average Bonchev–Trinajstić information content (AvgIpc) is 3.11. The van der Waals surface area contributed by atoms with Gasteiger partial charge in [-0.2, -0.15) is 39.5 Å². The first kappa shape index (κ1) is 28.2. The summed E-state index contributed by atoms with van der Waals surface area (Å²) in [7, 11) is 0. The monoisotopic (exact) mass is 565 g/mol. The largest absolute Gasteiger partial charge is 0.439 e. The van der Waals surface area contributed by atoms with Crippen LogP contribution in [0, 0.1) is 5.82 Å². The number of hydrogen-bond donors (Lipinski definition) is 0. The predicted molar refractivity (Wildman–Crippen MR) is 118 cm³/mol. The summed E-state index contributed by atoms with van der Waals surface area (Å²) in [5.74, 6) is -0.605. The Morgan fingerprint density at radius 3 is 1.79 bits per heavy atom. The summed E-state index contributed by atoms with van der Waals surface area (Å²) in [4.78, 5) is 13.6. The zero-order valence-electron chi connectivity index (χ0n) is 19.7. The molecule has 13 heteroatoms. The highest BCUT2D eigenvalue weighted by atomic mass is 19.4. The maximum Gasteiger partial charge on any atom is 0.416 e. The van der Waals surface area contributed by atoms with Gasteiger partial charge in [-0.05, 0) is 71.6 Å². The van der Waals surface area contributed by atoms with Gasteiger partial charge in [0.1, 0.15) is 11.9 Å². The molecule has 39 heavy (non-hydrogen) atoms. The summed E-state index contributed by atoms with van der Waals surface area (Å²) in [6.07, 6.45) is -17.8. The Labute approximate surface area is 214 Å². The van der Waals surface area contributed by atoms with Crippen molar-refractivity contribution in [2.24, 2.45) is 0 Å². The third-order valence-corrected chi connectivity index (χ3v) is 6.26. The van der Waals surface area contributed by atoms with Gasteiger partial charge in [-0.15, -0.1) is 0 Å². The smallest absolute Gasteiger partial charge is 0.416 e. The third kappa shape index (κ3) is 5.96. The van der Waals surface area contributed by atoms with E-state index in [2.05, 4.69) is 0 Å². The fraction of sp³-hybridized carbons (Fsp3) is 0.269. The van der Waals surface area contributed by atoms with Crippen LogP contribution in [0.5, 0.6) is 0 Å². The first-order valence-corrected chi connectivity index (χ1v) is 11.2. The maximum atomic E-state index is 13.4. The van der Waals surface area contributed by atoms with E-state index in [9.17, 15) is 48.7 Å². The zero-order valence-corrected chi connectivity index (χ0v) is 19.7. The normalized spacial score (nSPS) is 18.4. The Morgan fingerprint density at radius 2 is 1.28 bits per heavy atom. The molecule has 0 aromatic heterocycles. The second-order valence-corrected chi connectivity index (χ2v) is 8.89. The third-order valence-electron chi connectivity index (χ3n) is 6.26. The van der Waals surface area contributed by atoms with E-state index >= 15 is 0 Å². The van der Waals surface area contributed by atoms with Gasteiger partial charge in [-0.1, -0.05) is 18.2 Å². The van der Waals surface area contributed by atoms with E-state index < -0.39 is 71.4 Å². The summed E-state index contributed by atoms with van der Waals surface area (Å²) >= 11 is 0. The molecular formula is C26H17F10NO2. The first-order chi connectivity index (χ1) is 17.9. The van der Waals surface area contributed by atoms with Crippen LogP contribution in [-0.2, 0) is 29.8 Å². The molecule has 0 saturated carbocycles. The van der Waals surface area contributed by atoms with Crippen LogP contribution in [0.1, 0.15) is 40.8 Å². The summed E-state index contributed by atoms with van der Waals surface area (Å²) in [6, 6.07) is 7.06. The van der Waals surface area contributed by atoms with Gasteiger partial charge in [0, 0.05) is 0 Å². The number of alkyl halides is 9.